The molecule has 1 N–H and O–H groups in total. The number of aryl methyl sites for hydroxylation is 1. The van der Waals surface area contributed by atoms with Crippen molar-refractivity contribution in [2.24, 2.45) is 5.16 Å². The standard InChI is InChI=1S/C14H10ClNO3/c1-8-5-10-13(16-17)12(7-9-3-2-4-18-9)19-14(10)11(15)6-8/h2-7,17H,1H3/b12-7+,16-13-. The third-order valence-electron chi connectivity index (χ3n) is 2.81. The molecule has 1 aromatic carbocycles. The maximum absolute atomic E-state index is 9.19. The lowest BCUT2D eigenvalue weighted by Crippen LogP contribution is -2.00. The van der Waals surface area contributed by atoms with Crippen molar-refractivity contribution in [3.8, 4) is 5.75 Å². The number of allylic oxidation sites excluding steroid dienone is 1. The molecule has 0 amide bonds. The van der Waals surface area contributed by atoms with Crippen molar-refractivity contribution in [2.45, 2.75) is 6.92 Å². The Bertz CT molecular complexity index is 687. The van der Waals surface area contributed by atoms with Crippen LogP contribution in [0.5, 0.6) is 5.75 Å². The molecule has 0 aliphatic carbocycles. The number of benzene rings is 1. The van der Waals surface area contributed by atoms with E-state index in [0.717, 1.165) is 5.56 Å². The molecule has 4 nitrogen and oxygen atoms in total. The lowest BCUT2D eigenvalue weighted by Gasteiger charge is -2.01. The first-order valence-corrected chi connectivity index (χ1v) is 6.03. The Kier molecular flexibility index (Phi) is 2.80. The van der Waals surface area contributed by atoms with E-state index in [0.29, 0.717) is 33.6 Å². The van der Waals surface area contributed by atoms with Gasteiger partial charge in [0.15, 0.2) is 17.2 Å². The minimum Gasteiger partial charge on any atom is -0.465 e. The molecule has 5 heteroatoms. The monoisotopic (exact) mass is 275 g/mol. The first-order valence-electron chi connectivity index (χ1n) is 5.65. The van der Waals surface area contributed by atoms with Crippen LogP contribution in [0.25, 0.3) is 6.08 Å². The van der Waals surface area contributed by atoms with Crippen molar-refractivity contribution in [1.29, 1.82) is 0 Å². The molecule has 1 aliphatic heterocycles. The largest absolute Gasteiger partial charge is 0.465 e. The van der Waals surface area contributed by atoms with Crippen molar-refractivity contribution in [3.63, 3.8) is 0 Å². The molecule has 19 heavy (non-hydrogen) atoms. The highest BCUT2D eigenvalue weighted by molar-refractivity contribution is 6.34. The van der Waals surface area contributed by atoms with E-state index in [1.54, 1.807) is 30.5 Å². The minimum absolute atomic E-state index is 0.344. The number of furan rings is 1. The van der Waals surface area contributed by atoms with Gasteiger partial charge in [0, 0.05) is 6.08 Å². The maximum Gasteiger partial charge on any atom is 0.161 e. The second-order valence-electron chi connectivity index (χ2n) is 4.20. The van der Waals surface area contributed by atoms with Gasteiger partial charge >= 0.3 is 0 Å². The van der Waals surface area contributed by atoms with Crippen LogP contribution in [0, 0.1) is 6.92 Å². The normalized spacial score (nSPS) is 17.8. The van der Waals surface area contributed by atoms with Crippen LogP contribution >= 0.6 is 11.6 Å². The summed E-state index contributed by atoms with van der Waals surface area (Å²) < 4.78 is 10.9. The average Bonchev–Trinajstić information content (AvgIpc) is 2.97. The molecule has 0 fully saturated rings. The number of nitrogens with zero attached hydrogens (tertiary/aromatic N) is 1. The highest BCUT2D eigenvalue weighted by Crippen LogP contribution is 2.39. The number of hydrogen-bond acceptors (Lipinski definition) is 4. The number of oxime groups is 1. The quantitative estimate of drug-likeness (QED) is 0.635. The molecule has 0 saturated carbocycles. The summed E-state index contributed by atoms with van der Waals surface area (Å²) >= 11 is 6.13. The number of hydrogen-bond donors (Lipinski definition) is 1. The first-order chi connectivity index (χ1) is 9.19. The van der Waals surface area contributed by atoms with Gasteiger partial charge in [-0.15, -0.1) is 0 Å². The Morgan fingerprint density at radius 1 is 1.37 bits per heavy atom. The zero-order valence-corrected chi connectivity index (χ0v) is 10.8. The molecule has 0 radical (unpaired) electrons. The highest BCUT2D eigenvalue weighted by Gasteiger charge is 2.28. The molecule has 0 saturated heterocycles. The van der Waals surface area contributed by atoms with E-state index < -0.39 is 0 Å². The Balaban J connectivity index is 2.12. The van der Waals surface area contributed by atoms with Crippen molar-refractivity contribution in [3.05, 3.63) is 58.2 Å². The summed E-state index contributed by atoms with van der Waals surface area (Å²) in [6, 6.07) is 7.20. The van der Waals surface area contributed by atoms with Gasteiger partial charge in [-0.3, -0.25) is 0 Å². The van der Waals surface area contributed by atoms with E-state index in [-0.39, 0.29) is 0 Å². The minimum atomic E-state index is 0.344. The lowest BCUT2D eigenvalue weighted by atomic mass is 10.1. The van der Waals surface area contributed by atoms with Gasteiger partial charge in [0.05, 0.1) is 16.8 Å². The second kappa shape index (κ2) is 4.48. The van der Waals surface area contributed by atoms with Gasteiger partial charge in [0.2, 0.25) is 0 Å². The molecular weight excluding hydrogens is 266 g/mol. The maximum atomic E-state index is 9.19. The van der Waals surface area contributed by atoms with Crippen molar-refractivity contribution < 1.29 is 14.4 Å². The summed E-state index contributed by atoms with van der Waals surface area (Å²) in [7, 11) is 0. The van der Waals surface area contributed by atoms with Crippen molar-refractivity contribution in [2.75, 3.05) is 0 Å². The summed E-state index contributed by atoms with van der Waals surface area (Å²) in [5.41, 5.74) is 1.98. The molecule has 0 spiro atoms. The number of halogens is 1. The summed E-state index contributed by atoms with van der Waals surface area (Å²) in [6.07, 6.45) is 3.21. The molecular formula is C14H10ClNO3. The molecule has 2 aromatic rings. The third kappa shape index (κ3) is 2.00. The highest BCUT2D eigenvalue weighted by atomic mass is 35.5. The Hall–Kier alpha value is -2.20. The van der Waals surface area contributed by atoms with Gasteiger partial charge in [0.25, 0.3) is 0 Å². The fourth-order valence-electron chi connectivity index (χ4n) is 2.00. The van der Waals surface area contributed by atoms with E-state index in [1.807, 2.05) is 13.0 Å². The summed E-state index contributed by atoms with van der Waals surface area (Å²) in [6.45, 7) is 1.91. The SMILES string of the molecule is Cc1cc(Cl)c2c(c1)C(=N/O)/C(=C\c1ccco1)O2. The molecule has 0 bridgehead atoms. The number of fused-ring (bicyclic) bond motifs is 1. The molecule has 96 valence electrons. The summed E-state index contributed by atoms with van der Waals surface area (Å²) in [5.74, 6) is 1.51. The molecule has 1 aliphatic rings. The Morgan fingerprint density at radius 3 is 2.89 bits per heavy atom. The van der Waals surface area contributed by atoms with Crippen molar-refractivity contribution >= 4 is 23.4 Å². The van der Waals surface area contributed by atoms with Gasteiger partial charge in [-0.05, 0) is 36.8 Å². The van der Waals surface area contributed by atoms with Crippen LogP contribution < -0.4 is 4.74 Å². The van der Waals surface area contributed by atoms with Crippen LogP contribution in [0.2, 0.25) is 5.02 Å². The fraction of sp³-hybridized carbons (Fsp3) is 0.0714. The van der Waals surface area contributed by atoms with Crippen LogP contribution in [0.1, 0.15) is 16.9 Å². The Labute approximate surface area is 114 Å². The van der Waals surface area contributed by atoms with Gasteiger partial charge in [-0.1, -0.05) is 16.8 Å². The van der Waals surface area contributed by atoms with E-state index in [9.17, 15) is 5.21 Å². The predicted octanol–water partition coefficient (Wildman–Crippen LogP) is 3.85. The lowest BCUT2D eigenvalue weighted by molar-refractivity contribution is 0.318. The van der Waals surface area contributed by atoms with Crippen LogP contribution in [0.4, 0.5) is 0 Å². The van der Waals surface area contributed by atoms with E-state index in [1.165, 1.54) is 0 Å². The zero-order valence-electron chi connectivity index (χ0n) is 10.1. The van der Waals surface area contributed by atoms with E-state index >= 15 is 0 Å². The van der Waals surface area contributed by atoms with Gasteiger partial charge < -0.3 is 14.4 Å². The summed E-state index contributed by atoms with van der Waals surface area (Å²) in [5, 5.41) is 13.0. The molecule has 3 rings (SSSR count). The number of ether oxygens (including phenoxy) is 1. The van der Waals surface area contributed by atoms with Gasteiger partial charge in [0.1, 0.15) is 5.76 Å². The van der Waals surface area contributed by atoms with Gasteiger partial charge in [-0.25, -0.2) is 0 Å². The molecule has 0 atom stereocenters. The summed E-state index contributed by atoms with van der Waals surface area (Å²) in [4.78, 5) is 0. The van der Waals surface area contributed by atoms with E-state index in [4.69, 9.17) is 20.8 Å². The Morgan fingerprint density at radius 2 is 2.21 bits per heavy atom. The molecule has 2 heterocycles. The first kappa shape index (κ1) is 11.9. The second-order valence-corrected chi connectivity index (χ2v) is 4.61. The van der Waals surface area contributed by atoms with E-state index in [2.05, 4.69) is 5.16 Å². The topological polar surface area (TPSA) is 55.0 Å². The van der Waals surface area contributed by atoms with Crippen LogP contribution in [0.3, 0.4) is 0 Å². The van der Waals surface area contributed by atoms with Gasteiger partial charge in [-0.2, -0.15) is 0 Å². The smallest absolute Gasteiger partial charge is 0.161 e. The van der Waals surface area contributed by atoms with Crippen LogP contribution in [0.15, 0.2) is 45.9 Å². The fourth-order valence-corrected chi connectivity index (χ4v) is 2.32. The number of rotatable bonds is 1. The van der Waals surface area contributed by atoms with Crippen molar-refractivity contribution in [1.82, 2.24) is 0 Å². The third-order valence-corrected chi connectivity index (χ3v) is 3.09. The predicted molar refractivity (Wildman–Crippen MR) is 71.8 cm³/mol. The molecule has 0 unspecified atom stereocenters. The van der Waals surface area contributed by atoms with Crippen LogP contribution in [-0.2, 0) is 0 Å². The average molecular weight is 276 g/mol. The molecule has 1 aromatic heterocycles. The van der Waals surface area contributed by atoms with Crippen LogP contribution in [-0.4, -0.2) is 10.9 Å². The zero-order chi connectivity index (χ0) is 13.4.